The van der Waals surface area contributed by atoms with Crippen LogP contribution in [-0.2, 0) is 9.59 Å². The second-order valence-electron chi connectivity index (χ2n) is 6.52. The Bertz CT molecular complexity index is 733. The van der Waals surface area contributed by atoms with Crippen LogP contribution in [0.1, 0.15) is 43.0 Å². The van der Waals surface area contributed by atoms with Gasteiger partial charge in [0.2, 0.25) is 11.8 Å². The van der Waals surface area contributed by atoms with Gasteiger partial charge in [0.15, 0.2) is 0 Å². The van der Waals surface area contributed by atoms with Gasteiger partial charge in [-0.15, -0.1) is 0 Å². The predicted molar refractivity (Wildman–Crippen MR) is 95.5 cm³/mol. The highest BCUT2D eigenvalue weighted by atomic mass is 16.2. The molecule has 1 saturated heterocycles. The zero-order chi connectivity index (χ0) is 17.8. The smallest absolute Gasteiger partial charge is 0.226 e. The number of hydrogen-bond donors (Lipinski definition) is 1. The average molecular weight is 337 g/mol. The van der Waals surface area contributed by atoms with Crippen LogP contribution in [-0.4, -0.2) is 28.7 Å². The third-order valence-electron chi connectivity index (χ3n) is 4.90. The Morgan fingerprint density at radius 2 is 1.88 bits per heavy atom. The van der Waals surface area contributed by atoms with Crippen molar-refractivity contribution in [2.45, 2.75) is 31.8 Å². The molecule has 25 heavy (non-hydrogen) atoms. The summed E-state index contributed by atoms with van der Waals surface area (Å²) in [5.41, 5.74) is 2.01. The molecule has 5 heteroatoms. The normalized spacial score (nSPS) is 21.7. The number of likely N-dealkylation sites (tertiary alicyclic amines) is 1. The molecule has 1 aliphatic heterocycles. The fourth-order valence-corrected chi connectivity index (χ4v) is 3.47. The minimum absolute atomic E-state index is 0.0162. The highest BCUT2D eigenvalue weighted by Crippen LogP contribution is 2.36. The lowest BCUT2D eigenvalue weighted by atomic mass is 9.83. The number of benzene rings is 1. The Kier molecular flexibility index (Phi) is 5.12. The molecule has 0 unspecified atom stereocenters. The zero-order valence-electron chi connectivity index (χ0n) is 14.6. The van der Waals surface area contributed by atoms with Crippen molar-refractivity contribution in [3.8, 4) is 0 Å². The molecule has 3 atom stereocenters. The summed E-state index contributed by atoms with van der Waals surface area (Å²) in [7, 11) is 1.78. The fourth-order valence-electron chi connectivity index (χ4n) is 3.47. The summed E-state index contributed by atoms with van der Waals surface area (Å²) < 4.78 is 0. The molecule has 2 aromatic rings. The number of piperidine rings is 1. The van der Waals surface area contributed by atoms with E-state index in [0.29, 0.717) is 12.8 Å². The van der Waals surface area contributed by atoms with E-state index in [-0.39, 0.29) is 29.8 Å². The quantitative estimate of drug-likeness (QED) is 0.933. The van der Waals surface area contributed by atoms with Gasteiger partial charge in [0.05, 0.1) is 18.0 Å². The molecule has 2 amide bonds. The highest BCUT2D eigenvalue weighted by molar-refractivity contribution is 5.85. The number of carbonyl (C=O) groups excluding carboxylic acids is 2. The van der Waals surface area contributed by atoms with E-state index >= 15 is 0 Å². The lowest BCUT2D eigenvalue weighted by Gasteiger charge is -2.39. The van der Waals surface area contributed by atoms with E-state index in [9.17, 15) is 9.59 Å². The molecule has 1 N–H and O–H groups in total. The molecular weight excluding hydrogens is 314 g/mol. The van der Waals surface area contributed by atoms with Crippen molar-refractivity contribution < 1.29 is 9.59 Å². The number of carbonyl (C=O) groups is 2. The Balaban J connectivity index is 1.80. The fraction of sp³-hybridized carbons (Fsp3) is 0.350. The van der Waals surface area contributed by atoms with Crippen LogP contribution in [0.5, 0.6) is 0 Å². The molecule has 0 aliphatic carbocycles. The van der Waals surface area contributed by atoms with Crippen molar-refractivity contribution in [2.75, 3.05) is 7.05 Å². The van der Waals surface area contributed by atoms with E-state index in [1.165, 1.54) is 0 Å². The summed E-state index contributed by atoms with van der Waals surface area (Å²) in [6, 6.07) is 13.2. The molecule has 2 heterocycles. The van der Waals surface area contributed by atoms with E-state index in [1.54, 1.807) is 24.3 Å². The van der Waals surface area contributed by atoms with E-state index in [4.69, 9.17) is 0 Å². The van der Waals surface area contributed by atoms with Crippen LogP contribution in [0.15, 0.2) is 54.9 Å². The molecule has 5 nitrogen and oxygen atoms in total. The molecule has 1 fully saturated rings. The number of nitrogens with zero attached hydrogens (tertiary/aromatic N) is 2. The number of pyridine rings is 1. The van der Waals surface area contributed by atoms with Crippen LogP contribution in [0.25, 0.3) is 0 Å². The molecule has 0 saturated carbocycles. The van der Waals surface area contributed by atoms with E-state index in [1.807, 2.05) is 49.4 Å². The molecule has 0 radical (unpaired) electrons. The third kappa shape index (κ3) is 3.71. The van der Waals surface area contributed by atoms with Crippen LogP contribution >= 0.6 is 0 Å². The van der Waals surface area contributed by atoms with Gasteiger partial charge in [0.1, 0.15) is 0 Å². The number of nitrogens with one attached hydrogen (secondary N) is 1. The van der Waals surface area contributed by atoms with Crippen molar-refractivity contribution in [3.05, 3.63) is 66.0 Å². The van der Waals surface area contributed by atoms with Crippen LogP contribution < -0.4 is 5.32 Å². The summed E-state index contributed by atoms with van der Waals surface area (Å²) in [6.07, 6.45) is 4.41. The average Bonchev–Trinajstić information content (AvgIpc) is 2.65. The number of amides is 2. The maximum absolute atomic E-state index is 13.0. The van der Waals surface area contributed by atoms with Gasteiger partial charge in [-0.05, 0) is 36.6 Å². The lowest BCUT2D eigenvalue weighted by Crippen LogP contribution is -2.46. The summed E-state index contributed by atoms with van der Waals surface area (Å²) in [5.74, 6) is -0.188. The molecule has 0 spiro atoms. The number of rotatable bonds is 4. The first-order valence-electron chi connectivity index (χ1n) is 8.59. The molecule has 1 aliphatic rings. The van der Waals surface area contributed by atoms with Crippen LogP contribution in [0.4, 0.5) is 0 Å². The van der Waals surface area contributed by atoms with Crippen molar-refractivity contribution in [1.82, 2.24) is 15.2 Å². The number of hydrogen-bond acceptors (Lipinski definition) is 3. The molecular formula is C20H23N3O2. The first-order valence-corrected chi connectivity index (χ1v) is 8.59. The lowest BCUT2D eigenvalue weighted by molar-refractivity contribution is -0.141. The highest BCUT2D eigenvalue weighted by Gasteiger charge is 2.39. The SMILES string of the molecule is C[C@H](NC(=O)[C@H]1CCC(=O)N(C)[C@@H]1c1ccccc1)c1ccncc1. The first kappa shape index (κ1) is 17.1. The largest absolute Gasteiger partial charge is 0.349 e. The monoisotopic (exact) mass is 337 g/mol. The van der Waals surface area contributed by atoms with Crippen molar-refractivity contribution in [2.24, 2.45) is 5.92 Å². The maximum atomic E-state index is 13.0. The van der Waals surface area contributed by atoms with Crippen molar-refractivity contribution in [3.63, 3.8) is 0 Å². The molecule has 0 bridgehead atoms. The van der Waals surface area contributed by atoms with Crippen LogP contribution in [0.2, 0.25) is 0 Å². The van der Waals surface area contributed by atoms with Gasteiger partial charge in [-0.25, -0.2) is 0 Å². The molecule has 130 valence electrons. The van der Waals surface area contributed by atoms with Crippen molar-refractivity contribution >= 4 is 11.8 Å². The van der Waals surface area contributed by atoms with E-state index in [2.05, 4.69) is 10.3 Å². The Hall–Kier alpha value is -2.69. The van der Waals surface area contributed by atoms with Crippen molar-refractivity contribution in [1.29, 1.82) is 0 Å². The van der Waals surface area contributed by atoms with Gasteiger partial charge in [-0.2, -0.15) is 0 Å². The Labute approximate surface area is 148 Å². The van der Waals surface area contributed by atoms with Gasteiger partial charge in [-0.3, -0.25) is 14.6 Å². The second-order valence-corrected chi connectivity index (χ2v) is 6.52. The summed E-state index contributed by atoms with van der Waals surface area (Å²) >= 11 is 0. The van der Waals surface area contributed by atoms with Gasteiger partial charge in [-0.1, -0.05) is 30.3 Å². The second kappa shape index (κ2) is 7.47. The maximum Gasteiger partial charge on any atom is 0.226 e. The van der Waals surface area contributed by atoms with Crippen LogP contribution in [0.3, 0.4) is 0 Å². The summed E-state index contributed by atoms with van der Waals surface area (Å²) in [4.78, 5) is 30.8. The van der Waals surface area contributed by atoms with Gasteiger partial charge in [0, 0.05) is 25.9 Å². The molecule has 1 aromatic carbocycles. The van der Waals surface area contributed by atoms with Gasteiger partial charge < -0.3 is 10.2 Å². The topological polar surface area (TPSA) is 62.3 Å². The summed E-state index contributed by atoms with van der Waals surface area (Å²) in [5, 5.41) is 3.10. The van der Waals surface area contributed by atoms with E-state index in [0.717, 1.165) is 11.1 Å². The minimum Gasteiger partial charge on any atom is -0.349 e. The first-order chi connectivity index (χ1) is 12.1. The summed E-state index contributed by atoms with van der Waals surface area (Å²) in [6.45, 7) is 1.96. The predicted octanol–water partition coefficient (Wildman–Crippen LogP) is 2.87. The van der Waals surface area contributed by atoms with Crippen LogP contribution in [0, 0.1) is 5.92 Å². The minimum atomic E-state index is -0.255. The third-order valence-corrected chi connectivity index (χ3v) is 4.90. The zero-order valence-corrected chi connectivity index (χ0v) is 14.6. The Morgan fingerprint density at radius 1 is 1.20 bits per heavy atom. The van der Waals surface area contributed by atoms with Gasteiger partial charge in [0.25, 0.3) is 0 Å². The molecule has 1 aromatic heterocycles. The van der Waals surface area contributed by atoms with E-state index < -0.39 is 0 Å². The standard InChI is InChI=1S/C20H23N3O2/c1-14(15-10-12-21-13-11-15)22-20(25)17-8-9-18(24)23(2)19(17)16-6-4-3-5-7-16/h3-7,10-14,17,19H,8-9H2,1-2H3,(H,22,25)/t14-,17-,19+/m0/s1. The molecule has 3 rings (SSSR count). The van der Waals surface area contributed by atoms with Gasteiger partial charge >= 0.3 is 0 Å². The number of aromatic nitrogens is 1. The Morgan fingerprint density at radius 3 is 2.56 bits per heavy atom.